The third-order valence-corrected chi connectivity index (χ3v) is 3.52. The number of guanidine groups is 1. The molecule has 138 valence electrons. The van der Waals surface area contributed by atoms with E-state index in [1.807, 2.05) is 31.7 Å². The van der Waals surface area contributed by atoms with Crippen molar-refractivity contribution in [3.63, 3.8) is 0 Å². The van der Waals surface area contributed by atoms with E-state index in [1.54, 1.807) is 6.07 Å². The Labute approximate surface area is 161 Å². The van der Waals surface area contributed by atoms with Gasteiger partial charge in [-0.3, -0.25) is 0 Å². The van der Waals surface area contributed by atoms with Crippen LogP contribution in [-0.2, 0) is 11.3 Å². The summed E-state index contributed by atoms with van der Waals surface area (Å²) in [6.45, 7) is 10.1. The van der Waals surface area contributed by atoms with Gasteiger partial charge < -0.3 is 20.7 Å². The molecular weight excluding hydrogens is 422 g/mol. The smallest absolute Gasteiger partial charge is 0.188 e. The Hall–Kier alpha value is -1.09. The quantitative estimate of drug-likeness (QED) is 0.248. The zero-order chi connectivity index (χ0) is 17.1. The number of ether oxygens (including phenoxy) is 1. The summed E-state index contributed by atoms with van der Waals surface area (Å²) in [4.78, 5) is 6.21. The number of benzene rings is 1. The summed E-state index contributed by atoms with van der Waals surface area (Å²) in [5, 5.41) is 3.02. The van der Waals surface area contributed by atoms with E-state index in [0.717, 1.165) is 31.7 Å². The zero-order valence-electron chi connectivity index (χ0n) is 14.8. The lowest BCUT2D eigenvalue weighted by Gasteiger charge is -2.21. The molecule has 5 nitrogen and oxygen atoms in total. The standard InChI is InChI=1S/C17H29FN4O.HI/c1-4-22(5-2)16-9-8-14(12-15(16)18)13-21-17(19)20-10-7-11-23-6-3;/h8-9,12H,4-7,10-11,13H2,1-3H3,(H3,19,20,21);1H. The first-order chi connectivity index (χ1) is 11.1. The van der Waals surface area contributed by atoms with Crippen LogP contribution in [0.1, 0.15) is 32.8 Å². The highest BCUT2D eigenvalue weighted by molar-refractivity contribution is 14.0. The van der Waals surface area contributed by atoms with Gasteiger partial charge in [0, 0.05) is 32.8 Å². The predicted octanol–water partition coefficient (Wildman–Crippen LogP) is 3.12. The molecule has 1 aromatic carbocycles. The van der Waals surface area contributed by atoms with Gasteiger partial charge in [-0.1, -0.05) is 6.07 Å². The highest BCUT2D eigenvalue weighted by Crippen LogP contribution is 2.20. The minimum absolute atomic E-state index is 0. The topological polar surface area (TPSA) is 62.9 Å². The van der Waals surface area contributed by atoms with Gasteiger partial charge in [0.1, 0.15) is 5.82 Å². The van der Waals surface area contributed by atoms with Crippen LogP contribution < -0.4 is 16.0 Å². The molecule has 0 aromatic heterocycles. The monoisotopic (exact) mass is 452 g/mol. The number of nitrogens with zero attached hydrogens (tertiary/aromatic N) is 2. The van der Waals surface area contributed by atoms with Crippen LogP contribution in [-0.4, -0.2) is 38.8 Å². The maximum absolute atomic E-state index is 14.2. The Balaban J connectivity index is 0.00000529. The highest BCUT2D eigenvalue weighted by atomic mass is 127. The van der Waals surface area contributed by atoms with Crippen molar-refractivity contribution >= 4 is 35.6 Å². The van der Waals surface area contributed by atoms with Crippen LogP contribution in [0.25, 0.3) is 0 Å². The normalized spacial score (nSPS) is 11.1. The van der Waals surface area contributed by atoms with Crippen LogP contribution in [0.3, 0.4) is 0 Å². The molecule has 7 heteroatoms. The molecule has 0 unspecified atom stereocenters. The SMILES string of the molecule is CCOCCCNC(N)=NCc1ccc(N(CC)CC)c(F)c1.I. The molecule has 0 aliphatic carbocycles. The lowest BCUT2D eigenvalue weighted by molar-refractivity contribution is 0.145. The Morgan fingerprint density at radius 2 is 2.00 bits per heavy atom. The molecule has 0 aliphatic heterocycles. The van der Waals surface area contributed by atoms with E-state index in [4.69, 9.17) is 10.5 Å². The number of hydrogen-bond donors (Lipinski definition) is 2. The van der Waals surface area contributed by atoms with Crippen molar-refractivity contribution in [3.8, 4) is 0 Å². The Morgan fingerprint density at radius 3 is 2.58 bits per heavy atom. The number of halogens is 2. The van der Waals surface area contributed by atoms with Crippen molar-refractivity contribution in [1.82, 2.24) is 5.32 Å². The molecule has 0 saturated carbocycles. The molecule has 0 bridgehead atoms. The molecule has 0 fully saturated rings. The third-order valence-electron chi connectivity index (χ3n) is 3.52. The average Bonchev–Trinajstić information content (AvgIpc) is 2.55. The fourth-order valence-electron chi connectivity index (χ4n) is 2.24. The Kier molecular flexibility index (Phi) is 12.6. The van der Waals surface area contributed by atoms with Crippen molar-refractivity contribution in [2.75, 3.05) is 37.7 Å². The Morgan fingerprint density at radius 1 is 1.29 bits per heavy atom. The van der Waals surface area contributed by atoms with Gasteiger partial charge in [-0.25, -0.2) is 9.38 Å². The van der Waals surface area contributed by atoms with Crippen molar-refractivity contribution < 1.29 is 9.13 Å². The van der Waals surface area contributed by atoms with Gasteiger partial charge in [0.25, 0.3) is 0 Å². The maximum atomic E-state index is 14.2. The van der Waals surface area contributed by atoms with Crippen LogP contribution in [0.5, 0.6) is 0 Å². The first kappa shape index (κ1) is 22.9. The van der Waals surface area contributed by atoms with E-state index in [2.05, 4.69) is 10.3 Å². The number of anilines is 1. The lowest BCUT2D eigenvalue weighted by atomic mass is 10.2. The van der Waals surface area contributed by atoms with E-state index >= 15 is 0 Å². The molecule has 0 spiro atoms. The molecule has 0 amide bonds. The maximum Gasteiger partial charge on any atom is 0.188 e. The van der Waals surface area contributed by atoms with Crippen LogP contribution in [0.2, 0.25) is 0 Å². The number of nitrogens with two attached hydrogens (primary N) is 1. The van der Waals surface area contributed by atoms with Crippen molar-refractivity contribution in [1.29, 1.82) is 0 Å². The van der Waals surface area contributed by atoms with Crippen molar-refractivity contribution in [2.24, 2.45) is 10.7 Å². The van der Waals surface area contributed by atoms with Crippen molar-refractivity contribution in [3.05, 3.63) is 29.6 Å². The predicted molar refractivity (Wildman–Crippen MR) is 110 cm³/mol. The van der Waals surface area contributed by atoms with Gasteiger partial charge in [-0.2, -0.15) is 0 Å². The molecule has 0 atom stereocenters. The fourth-order valence-corrected chi connectivity index (χ4v) is 2.24. The summed E-state index contributed by atoms with van der Waals surface area (Å²) in [7, 11) is 0. The highest BCUT2D eigenvalue weighted by Gasteiger charge is 2.08. The van der Waals surface area contributed by atoms with Crippen LogP contribution in [0.4, 0.5) is 10.1 Å². The summed E-state index contributed by atoms with van der Waals surface area (Å²) < 4.78 is 19.4. The first-order valence-electron chi connectivity index (χ1n) is 8.27. The largest absolute Gasteiger partial charge is 0.382 e. The van der Waals surface area contributed by atoms with E-state index < -0.39 is 0 Å². The molecule has 0 radical (unpaired) electrons. The molecular formula is C17H30FIN4O. The number of hydrogen-bond acceptors (Lipinski definition) is 3. The minimum Gasteiger partial charge on any atom is -0.382 e. The zero-order valence-corrected chi connectivity index (χ0v) is 17.2. The van der Waals surface area contributed by atoms with Crippen molar-refractivity contribution in [2.45, 2.75) is 33.7 Å². The summed E-state index contributed by atoms with van der Waals surface area (Å²) in [6, 6.07) is 5.22. The third kappa shape index (κ3) is 8.14. The minimum atomic E-state index is -0.218. The van der Waals surface area contributed by atoms with Crippen LogP contribution in [0, 0.1) is 5.82 Å². The molecule has 3 N–H and O–H groups in total. The van der Waals surface area contributed by atoms with Gasteiger partial charge in [0.2, 0.25) is 0 Å². The second-order valence-corrected chi connectivity index (χ2v) is 5.14. The second-order valence-electron chi connectivity index (χ2n) is 5.14. The summed E-state index contributed by atoms with van der Waals surface area (Å²) >= 11 is 0. The van der Waals surface area contributed by atoms with E-state index in [-0.39, 0.29) is 29.8 Å². The summed E-state index contributed by atoms with van der Waals surface area (Å²) in [6.07, 6.45) is 0.872. The van der Waals surface area contributed by atoms with Gasteiger partial charge in [0.05, 0.1) is 12.2 Å². The van der Waals surface area contributed by atoms with Crippen LogP contribution in [0.15, 0.2) is 23.2 Å². The van der Waals surface area contributed by atoms with Gasteiger partial charge in [0.15, 0.2) is 5.96 Å². The van der Waals surface area contributed by atoms with Crippen LogP contribution >= 0.6 is 24.0 Å². The van der Waals surface area contributed by atoms with Gasteiger partial charge >= 0.3 is 0 Å². The summed E-state index contributed by atoms with van der Waals surface area (Å²) in [5.74, 6) is 0.152. The van der Waals surface area contributed by atoms with E-state index in [1.165, 1.54) is 6.07 Å². The molecule has 24 heavy (non-hydrogen) atoms. The molecule has 0 heterocycles. The average molecular weight is 452 g/mol. The molecule has 0 saturated heterocycles. The Bertz CT molecular complexity index is 495. The first-order valence-corrected chi connectivity index (χ1v) is 8.27. The lowest BCUT2D eigenvalue weighted by Crippen LogP contribution is -2.32. The van der Waals surface area contributed by atoms with Gasteiger partial charge in [-0.05, 0) is 44.9 Å². The second kappa shape index (κ2) is 13.2. The van der Waals surface area contributed by atoms with E-state index in [9.17, 15) is 4.39 Å². The molecule has 1 aromatic rings. The summed E-state index contributed by atoms with van der Waals surface area (Å²) in [5.41, 5.74) is 7.22. The number of nitrogens with one attached hydrogen (secondary N) is 1. The van der Waals surface area contributed by atoms with E-state index in [0.29, 0.717) is 31.3 Å². The fraction of sp³-hybridized carbons (Fsp3) is 0.588. The number of aliphatic imine (C=N–C) groups is 1. The molecule has 1 rings (SSSR count). The molecule has 0 aliphatic rings. The van der Waals surface area contributed by atoms with Gasteiger partial charge in [-0.15, -0.1) is 24.0 Å². The number of rotatable bonds is 10.